The van der Waals surface area contributed by atoms with Gasteiger partial charge in [-0.3, -0.25) is 9.69 Å². The summed E-state index contributed by atoms with van der Waals surface area (Å²) in [6.45, 7) is 0.438. The Morgan fingerprint density at radius 1 is 1.27 bits per heavy atom. The van der Waals surface area contributed by atoms with Gasteiger partial charge in [0.1, 0.15) is 4.32 Å². The molecule has 138 valence electrons. The lowest BCUT2D eigenvalue weighted by Crippen LogP contribution is -2.29. The van der Waals surface area contributed by atoms with Gasteiger partial charge in [-0.25, -0.2) is 4.79 Å². The molecule has 2 rings (SSSR count). The Morgan fingerprint density at radius 2 is 2.00 bits per heavy atom. The van der Waals surface area contributed by atoms with Crippen LogP contribution in [0.5, 0.6) is 0 Å². The maximum Gasteiger partial charge on any atom is 0.338 e. The first kappa shape index (κ1) is 20.1. The molecule has 26 heavy (non-hydrogen) atoms. The van der Waals surface area contributed by atoms with Crippen LogP contribution in [-0.4, -0.2) is 40.7 Å². The topological polar surface area (TPSA) is 86.7 Å². The van der Waals surface area contributed by atoms with Crippen LogP contribution >= 0.6 is 24.0 Å². The first-order chi connectivity index (χ1) is 12.4. The second kappa shape index (κ2) is 9.49. The average molecular weight is 392 g/mol. The van der Waals surface area contributed by atoms with Gasteiger partial charge in [-0.2, -0.15) is 0 Å². The average Bonchev–Trinajstić information content (AvgIpc) is 2.88. The molecular weight excluding hydrogens is 374 g/mol. The number of hydrogen-bond acceptors (Lipinski definition) is 7. The van der Waals surface area contributed by atoms with Crippen molar-refractivity contribution in [3.63, 3.8) is 0 Å². The number of ether oxygens (including phenoxy) is 1. The summed E-state index contributed by atoms with van der Waals surface area (Å²) in [6, 6.07) is 6.87. The minimum absolute atomic E-state index is 0.0165. The molecule has 0 radical (unpaired) electrons. The van der Waals surface area contributed by atoms with E-state index in [1.54, 1.807) is 30.3 Å². The smallest absolute Gasteiger partial charge is 0.338 e. The molecule has 1 aromatic rings. The van der Waals surface area contributed by atoms with E-state index in [1.807, 2.05) is 0 Å². The van der Waals surface area contributed by atoms with Crippen LogP contribution in [0.25, 0.3) is 6.08 Å². The number of amides is 1. The fraction of sp³-hybridized carbons (Fsp3) is 0.333. The number of nitrogens with zero attached hydrogens (tertiary/aromatic N) is 1. The molecule has 0 saturated carbocycles. The van der Waals surface area contributed by atoms with E-state index in [0.717, 1.165) is 0 Å². The fourth-order valence-corrected chi connectivity index (χ4v) is 3.77. The van der Waals surface area contributed by atoms with Gasteiger partial charge in [0.2, 0.25) is 0 Å². The Kier molecular flexibility index (Phi) is 7.35. The van der Waals surface area contributed by atoms with E-state index in [1.165, 1.54) is 23.8 Å². The maximum atomic E-state index is 12.6. The number of carbonyl (C=O) groups excluding carboxylic acids is 3. The highest BCUT2D eigenvalue weighted by Gasteiger charge is 2.31. The number of esters is 1. The van der Waals surface area contributed by atoms with Crippen LogP contribution in [0.4, 0.5) is 0 Å². The van der Waals surface area contributed by atoms with Crippen molar-refractivity contribution in [2.45, 2.75) is 25.7 Å². The van der Waals surface area contributed by atoms with Crippen LogP contribution in [0.15, 0.2) is 29.2 Å². The third-order valence-corrected chi connectivity index (χ3v) is 5.17. The number of thiocarbonyl (C=S) groups is 1. The molecule has 0 unspecified atom stereocenters. The highest BCUT2D eigenvalue weighted by molar-refractivity contribution is 8.26. The van der Waals surface area contributed by atoms with E-state index in [0.29, 0.717) is 46.2 Å². The number of thioether (sulfide) groups is 1. The molecule has 0 bridgehead atoms. The normalized spacial score (nSPS) is 15.6. The van der Waals surface area contributed by atoms with Gasteiger partial charge in [0.05, 0.1) is 17.6 Å². The Labute approximate surface area is 161 Å². The molecule has 0 aromatic heterocycles. The van der Waals surface area contributed by atoms with E-state index in [2.05, 4.69) is 0 Å². The van der Waals surface area contributed by atoms with Gasteiger partial charge in [-0.1, -0.05) is 48.6 Å². The van der Waals surface area contributed by atoms with Crippen LogP contribution < -0.4 is 5.11 Å². The van der Waals surface area contributed by atoms with Crippen molar-refractivity contribution >= 4 is 52.2 Å². The fourth-order valence-electron chi connectivity index (χ4n) is 2.47. The molecule has 1 aliphatic rings. The van der Waals surface area contributed by atoms with Gasteiger partial charge in [0.25, 0.3) is 5.91 Å². The van der Waals surface area contributed by atoms with Crippen molar-refractivity contribution in [3.8, 4) is 0 Å². The lowest BCUT2D eigenvalue weighted by molar-refractivity contribution is -0.305. The van der Waals surface area contributed by atoms with Gasteiger partial charge in [0.15, 0.2) is 0 Å². The van der Waals surface area contributed by atoms with E-state index >= 15 is 0 Å². The van der Waals surface area contributed by atoms with Gasteiger partial charge in [0, 0.05) is 12.5 Å². The number of hydrogen-bond donors (Lipinski definition) is 0. The largest absolute Gasteiger partial charge is 0.550 e. The third kappa shape index (κ3) is 5.15. The Hall–Kier alpha value is -2.19. The van der Waals surface area contributed by atoms with Crippen molar-refractivity contribution in [2.24, 2.45) is 0 Å². The molecule has 0 aliphatic carbocycles. The number of methoxy groups -OCH3 is 1. The summed E-state index contributed by atoms with van der Waals surface area (Å²) in [5.41, 5.74) is 0.969. The summed E-state index contributed by atoms with van der Waals surface area (Å²) in [4.78, 5) is 36.8. The Bertz CT molecular complexity index is 760. The summed E-state index contributed by atoms with van der Waals surface area (Å²) >= 11 is 6.46. The highest BCUT2D eigenvalue weighted by atomic mass is 32.2. The number of unbranched alkanes of at least 4 members (excludes halogenated alkanes) is 2. The molecule has 1 heterocycles. The van der Waals surface area contributed by atoms with Crippen LogP contribution in [0.1, 0.15) is 41.6 Å². The highest BCUT2D eigenvalue weighted by Crippen LogP contribution is 2.33. The number of rotatable bonds is 8. The van der Waals surface area contributed by atoms with Gasteiger partial charge < -0.3 is 14.6 Å². The van der Waals surface area contributed by atoms with Gasteiger partial charge >= 0.3 is 5.97 Å². The van der Waals surface area contributed by atoms with Crippen molar-refractivity contribution < 1.29 is 24.2 Å². The van der Waals surface area contributed by atoms with Crippen LogP contribution in [0.2, 0.25) is 0 Å². The van der Waals surface area contributed by atoms with Crippen molar-refractivity contribution in [3.05, 3.63) is 40.3 Å². The molecule has 1 saturated heterocycles. The first-order valence-corrected chi connectivity index (χ1v) is 9.29. The Morgan fingerprint density at radius 3 is 2.69 bits per heavy atom. The molecule has 8 heteroatoms. The predicted octanol–water partition coefficient (Wildman–Crippen LogP) is 1.98. The molecule has 0 atom stereocenters. The van der Waals surface area contributed by atoms with Crippen LogP contribution in [0, 0.1) is 0 Å². The standard InChI is InChI=1S/C18H19NO5S2/c1-24-17(23)13-8-5-4-7-12(13)11-14-16(22)19(18(25)26-14)10-6-2-3-9-15(20)21/h4-5,7-8,11H,2-3,6,9-10H2,1H3,(H,20,21)/p-1/b14-11-. The molecule has 0 spiro atoms. The van der Waals surface area contributed by atoms with Crippen LogP contribution in [-0.2, 0) is 14.3 Å². The molecule has 1 amide bonds. The number of benzene rings is 1. The number of carboxylic acid groups (broad SMARTS) is 1. The number of carboxylic acids is 1. The van der Waals surface area contributed by atoms with Crippen molar-refractivity contribution in [1.82, 2.24) is 4.90 Å². The van der Waals surface area contributed by atoms with Crippen molar-refractivity contribution in [2.75, 3.05) is 13.7 Å². The Balaban J connectivity index is 2.05. The first-order valence-electron chi connectivity index (χ1n) is 8.06. The number of aliphatic carboxylic acids is 1. The van der Waals surface area contributed by atoms with Gasteiger partial charge in [-0.15, -0.1) is 0 Å². The summed E-state index contributed by atoms with van der Waals surface area (Å²) in [7, 11) is 1.30. The summed E-state index contributed by atoms with van der Waals surface area (Å²) < 4.78 is 5.22. The molecule has 1 fully saturated rings. The monoisotopic (exact) mass is 392 g/mol. The van der Waals surface area contributed by atoms with Crippen LogP contribution in [0.3, 0.4) is 0 Å². The lowest BCUT2D eigenvalue weighted by Gasteiger charge is -2.14. The summed E-state index contributed by atoms with van der Waals surface area (Å²) in [5, 5.41) is 10.4. The predicted molar refractivity (Wildman–Crippen MR) is 101 cm³/mol. The van der Waals surface area contributed by atoms with E-state index in [4.69, 9.17) is 17.0 Å². The lowest BCUT2D eigenvalue weighted by atomic mass is 10.1. The zero-order valence-electron chi connectivity index (χ0n) is 14.2. The number of carbonyl (C=O) groups is 3. The minimum Gasteiger partial charge on any atom is -0.550 e. The maximum absolute atomic E-state index is 12.6. The quantitative estimate of drug-likeness (QED) is 0.289. The second-order valence-electron chi connectivity index (χ2n) is 5.59. The minimum atomic E-state index is -1.07. The molecule has 0 N–H and O–H groups in total. The second-order valence-corrected chi connectivity index (χ2v) is 7.27. The SMILES string of the molecule is COC(=O)c1ccccc1/C=C1\SC(=S)N(CCCCCC(=O)[O-])C1=O. The van der Waals surface area contributed by atoms with E-state index in [-0.39, 0.29) is 12.3 Å². The third-order valence-electron chi connectivity index (χ3n) is 3.79. The van der Waals surface area contributed by atoms with Crippen molar-refractivity contribution in [1.29, 1.82) is 0 Å². The van der Waals surface area contributed by atoms with E-state index < -0.39 is 11.9 Å². The molecule has 1 aromatic carbocycles. The van der Waals surface area contributed by atoms with Gasteiger partial charge in [-0.05, 0) is 37.0 Å². The molecule has 1 aliphatic heterocycles. The molecule has 6 nitrogen and oxygen atoms in total. The zero-order valence-corrected chi connectivity index (χ0v) is 15.9. The van der Waals surface area contributed by atoms with E-state index in [9.17, 15) is 19.5 Å². The zero-order chi connectivity index (χ0) is 19.1. The molecular formula is C18H18NO5S2-. The summed E-state index contributed by atoms with van der Waals surface area (Å²) in [5.74, 6) is -1.75. The summed E-state index contributed by atoms with van der Waals surface area (Å²) in [6.07, 6.45) is 3.50.